The van der Waals surface area contributed by atoms with Crippen LogP contribution in [0.2, 0.25) is 0 Å². The molecule has 0 bridgehead atoms. The minimum atomic E-state index is -0.376. The van der Waals surface area contributed by atoms with Crippen LogP contribution in [0.25, 0.3) is 0 Å². The SMILES string of the molecule is CSc1ccc(C)c(C(=O)N(C)CCC(C)O)c1. The van der Waals surface area contributed by atoms with Gasteiger partial charge >= 0.3 is 0 Å². The van der Waals surface area contributed by atoms with Gasteiger partial charge in [0.25, 0.3) is 5.91 Å². The average molecular weight is 267 g/mol. The molecule has 0 aliphatic rings. The number of rotatable bonds is 5. The van der Waals surface area contributed by atoms with E-state index in [0.717, 1.165) is 16.0 Å². The molecule has 0 saturated heterocycles. The zero-order valence-corrected chi connectivity index (χ0v) is 12.3. The highest BCUT2D eigenvalue weighted by Crippen LogP contribution is 2.20. The molecule has 1 aromatic carbocycles. The summed E-state index contributed by atoms with van der Waals surface area (Å²) in [5.74, 6) is 0.0176. The van der Waals surface area contributed by atoms with E-state index in [9.17, 15) is 9.90 Å². The maximum atomic E-state index is 12.3. The van der Waals surface area contributed by atoms with Crippen molar-refractivity contribution in [2.45, 2.75) is 31.3 Å². The van der Waals surface area contributed by atoms with Crippen LogP contribution in [0.3, 0.4) is 0 Å². The topological polar surface area (TPSA) is 40.5 Å². The molecule has 1 atom stereocenters. The number of hydrogen-bond donors (Lipinski definition) is 1. The summed E-state index contributed by atoms with van der Waals surface area (Å²) in [5.41, 5.74) is 1.73. The molecule has 4 heteroatoms. The van der Waals surface area contributed by atoms with E-state index >= 15 is 0 Å². The van der Waals surface area contributed by atoms with Crippen molar-refractivity contribution in [3.8, 4) is 0 Å². The number of carbonyl (C=O) groups is 1. The van der Waals surface area contributed by atoms with Gasteiger partial charge in [0.2, 0.25) is 0 Å². The third-order valence-corrected chi connectivity index (χ3v) is 3.63. The van der Waals surface area contributed by atoms with Gasteiger partial charge in [-0.05, 0) is 44.2 Å². The number of carbonyl (C=O) groups excluding carboxylic acids is 1. The molecule has 0 fully saturated rings. The number of aliphatic hydroxyl groups excluding tert-OH is 1. The third-order valence-electron chi connectivity index (χ3n) is 2.90. The molecule has 1 amide bonds. The van der Waals surface area contributed by atoms with Gasteiger partial charge in [0.1, 0.15) is 0 Å². The van der Waals surface area contributed by atoms with Gasteiger partial charge in [-0.25, -0.2) is 0 Å². The molecule has 3 nitrogen and oxygen atoms in total. The number of aliphatic hydroxyl groups is 1. The van der Waals surface area contributed by atoms with Gasteiger partial charge in [0.05, 0.1) is 6.10 Å². The number of amides is 1. The van der Waals surface area contributed by atoms with Crippen molar-refractivity contribution < 1.29 is 9.90 Å². The Balaban J connectivity index is 2.82. The Morgan fingerprint density at radius 3 is 2.72 bits per heavy atom. The molecule has 1 unspecified atom stereocenters. The quantitative estimate of drug-likeness (QED) is 0.834. The van der Waals surface area contributed by atoms with E-state index in [4.69, 9.17) is 0 Å². The molecular formula is C14H21NO2S. The average Bonchev–Trinajstić information content (AvgIpc) is 2.35. The summed E-state index contributed by atoms with van der Waals surface area (Å²) in [5, 5.41) is 9.25. The lowest BCUT2D eigenvalue weighted by atomic mass is 10.1. The maximum Gasteiger partial charge on any atom is 0.253 e. The Labute approximate surface area is 113 Å². The van der Waals surface area contributed by atoms with Gasteiger partial charge in [-0.3, -0.25) is 4.79 Å². The van der Waals surface area contributed by atoms with Crippen molar-refractivity contribution in [1.29, 1.82) is 0 Å². The van der Waals surface area contributed by atoms with Gasteiger partial charge in [0.15, 0.2) is 0 Å². The Morgan fingerprint density at radius 2 is 2.17 bits per heavy atom. The molecule has 0 aliphatic carbocycles. The normalized spacial score (nSPS) is 12.3. The van der Waals surface area contributed by atoms with Crippen molar-refractivity contribution in [2.75, 3.05) is 19.8 Å². The van der Waals surface area contributed by atoms with Crippen LogP contribution in [0.4, 0.5) is 0 Å². The maximum absolute atomic E-state index is 12.3. The van der Waals surface area contributed by atoms with E-state index in [0.29, 0.717) is 13.0 Å². The predicted molar refractivity (Wildman–Crippen MR) is 76.2 cm³/mol. The van der Waals surface area contributed by atoms with E-state index in [2.05, 4.69) is 0 Å². The van der Waals surface area contributed by atoms with Crippen molar-refractivity contribution in [3.05, 3.63) is 29.3 Å². The van der Waals surface area contributed by atoms with Crippen LogP contribution in [0.1, 0.15) is 29.3 Å². The summed E-state index contributed by atoms with van der Waals surface area (Å²) in [6.07, 6.45) is 2.22. The molecule has 0 spiro atoms. The number of benzene rings is 1. The molecule has 100 valence electrons. The molecule has 1 N–H and O–H groups in total. The zero-order chi connectivity index (χ0) is 13.7. The van der Waals surface area contributed by atoms with Crippen LogP contribution in [-0.4, -0.2) is 41.9 Å². The standard InChI is InChI=1S/C14H21NO2S/c1-10-5-6-12(18-4)9-13(10)14(17)15(3)8-7-11(2)16/h5-6,9,11,16H,7-8H2,1-4H3. The fourth-order valence-electron chi connectivity index (χ4n) is 1.65. The number of aryl methyl sites for hydroxylation is 1. The highest BCUT2D eigenvalue weighted by atomic mass is 32.2. The van der Waals surface area contributed by atoms with E-state index in [1.54, 1.807) is 30.6 Å². The number of hydrogen-bond acceptors (Lipinski definition) is 3. The summed E-state index contributed by atoms with van der Waals surface area (Å²) in [6, 6.07) is 5.93. The third kappa shape index (κ3) is 4.03. The second-order valence-electron chi connectivity index (χ2n) is 4.55. The molecule has 1 aromatic rings. The van der Waals surface area contributed by atoms with Gasteiger partial charge in [0, 0.05) is 24.1 Å². The van der Waals surface area contributed by atoms with E-state index < -0.39 is 0 Å². The second kappa shape index (κ2) is 6.81. The van der Waals surface area contributed by atoms with E-state index in [1.165, 1.54) is 0 Å². The first kappa shape index (κ1) is 15.1. The summed E-state index contributed by atoms with van der Waals surface area (Å²) >= 11 is 1.63. The van der Waals surface area contributed by atoms with Crippen LogP contribution in [0.5, 0.6) is 0 Å². The first-order chi connectivity index (χ1) is 8.45. The molecule has 0 radical (unpaired) electrons. The van der Waals surface area contributed by atoms with Crippen LogP contribution in [0.15, 0.2) is 23.1 Å². The molecule has 1 rings (SSSR count). The Bertz CT molecular complexity index is 418. The van der Waals surface area contributed by atoms with Gasteiger partial charge in [-0.2, -0.15) is 0 Å². The van der Waals surface area contributed by atoms with Gasteiger partial charge < -0.3 is 10.0 Å². The lowest BCUT2D eigenvalue weighted by Crippen LogP contribution is -2.30. The zero-order valence-electron chi connectivity index (χ0n) is 11.4. The van der Waals surface area contributed by atoms with Crippen LogP contribution in [0, 0.1) is 6.92 Å². The summed E-state index contributed by atoms with van der Waals surface area (Å²) in [4.78, 5) is 15.0. The van der Waals surface area contributed by atoms with Crippen LogP contribution < -0.4 is 0 Å². The lowest BCUT2D eigenvalue weighted by molar-refractivity contribution is 0.0768. The molecule has 0 aliphatic heterocycles. The van der Waals surface area contributed by atoms with Crippen molar-refractivity contribution in [1.82, 2.24) is 4.90 Å². The number of thioether (sulfide) groups is 1. The predicted octanol–water partition coefficient (Wildman–Crippen LogP) is 2.56. The van der Waals surface area contributed by atoms with Crippen molar-refractivity contribution >= 4 is 17.7 Å². The van der Waals surface area contributed by atoms with Crippen LogP contribution in [-0.2, 0) is 0 Å². The molecular weight excluding hydrogens is 246 g/mol. The van der Waals surface area contributed by atoms with Crippen molar-refractivity contribution in [3.63, 3.8) is 0 Å². The monoisotopic (exact) mass is 267 g/mol. The van der Waals surface area contributed by atoms with E-state index in [-0.39, 0.29) is 12.0 Å². The highest BCUT2D eigenvalue weighted by molar-refractivity contribution is 7.98. The van der Waals surface area contributed by atoms with Crippen molar-refractivity contribution in [2.24, 2.45) is 0 Å². The highest BCUT2D eigenvalue weighted by Gasteiger charge is 2.15. The minimum Gasteiger partial charge on any atom is -0.393 e. The minimum absolute atomic E-state index is 0.0176. The first-order valence-corrected chi connectivity index (χ1v) is 7.26. The largest absolute Gasteiger partial charge is 0.393 e. The Morgan fingerprint density at radius 1 is 1.50 bits per heavy atom. The number of nitrogens with zero attached hydrogens (tertiary/aromatic N) is 1. The van der Waals surface area contributed by atoms with Gasteiger partial charge in [-0.15, -0.1) is 11.8 Å². The fourth-order valence-corrected chi connectivity index (χ4v) is 2.09. The molecule has 0 heterocycles. The molecule has 0 aromatic heterocycles. The summed E-state index contributed by atoms with van der Waals surface area (Å²) in [6.45, 7) is 4.25. The smallest absolute Gasteiger partial charge is 0.253 e. The summed E-state index contributed by atoms with van der Waals surface area (Å²) < 4.78 is 0. The Kier molecular flexibility index (Phi) is 5.69. The molecule has 18 heavy (non-hydrogen) atoms. The van der Waals surface area contributed by atoms with Crippen LogP contribution >= 0.6 is 11.8 Å². The lowest BCUT2D eigenvalue weighted by Gasteiger charge is -2.19. The first-order valence-electron chi connectivity index (χ1n) is 6.04. The van der Waals surface area contributed by atoms with Gasteiger partial charge in [-0.1, -0.05) is 6.07 Å². The Hall–Kier alpha value is -1.00. The fraction of sp³-hybridized carbons (Fsp3) is 0.500. The van der Waals surface area contributed by atoms with E-state index in [1.807, 2.05) is 31.4 Å². The molecule has 0 saturated carbocycles. The second-order valence-corrected chi connectivity index (χ2v) is 5.42. The summed E-state index contributed by atoms with van der Waals surface area (Å²) in [7, 11) is 1.77.